The number of benzene rings is 2. The molecule has 4 N–H and O–H groups in total. The van der Waals surface area contributed by atoms with Gasteiger partial charge in [-0.15, -0.1) is 0 Å². The van der Waals surface area contributed by atoms with E-state index in [4.69, 9.17) is 16.3 Å². The monoisotopic (exact) mass is 515 g/mol. The van der Waals surface area contributed by atoms with E-state index in [1.54, 1.807) is 77.1 Å². The second-order valence-electron chi connectivity index (χ2n) is 9.35. The van der Waals surface area contributed by atoms with Crippen molar-refractivity contribution in [2.75, 3.05) is 11.9 Å². The first-order chi connectivity index (χ1) is 16.9. The molecule has 2 aromatic carbocycles. The summed E-state index contributed by atoms with van der Waals surface area (Å²) in [6.45, 7) is 8.57. The minimum absolute atomic E-state index is 0.0794. The van der Waals surface area contributed by atoms with Crippen LogP contribution in [-0.2, 0) is 4.74 Å². The lowest BCUT2D eigenvalue weighted by Crippen LogP contribution is -2.37. The number of nitrogens with zero attached hydrogens (tertiary/aromatic N) is 2. The van der Waals surface area contributed by atoms with Gasteiger partial charge in [0.05, 0.1) is 33.8 Å². The van der Waals surface area contributed by atoms with Crippen LogP contribution in [0.1, 0.15) is 46.5 Å². The number of hydrogen-bond donors (Lipinski definition) is 4. The van der Waals surface area contributed by atoms with Gasteiger partial charge >= 0.3 is 12.1 Å². The van der Waals surface area contributed by atoms with Crippen molar-refractivity contribution in [2.45, 2.75) is 52.4 Å². The number of carbonyl (C=O) groups excluding carboxylic acids is 2. The summed E-state index contributed by atoms with van der Waals surface area (Å²) in [6, 6.07) is 10.3. The van der Waals surface area contributed by atoms with E-state index in [1.165, 1.54) is 4.57 Å². The number of rotatable bonds is 6. The molecular weight excluding hydrogens is 486 g/mol. The highest BCUT2D eigenvalue weighted by molar-refractivity contribution is 6.35. The van der Waals surface area contributed by atoms with Crippen LogP contribution in [-0.4, -0.2) is 45.0 Å². The molecule has 192 valence electrons. The van der Waals surface area contributed by atoms with Crippen molar-refractivity contribution in [1.82, 2.24) is 20.2 Å². The van der Waals surface area contributed by atoms with Crippen molar-refractivity contribution in [3.8, 4) is 5.69 Å². The summed E-state index contributed by atoms with van der Waals surface area (Å²) in [5, 5.41) is 17.8. The lowest BCUT2D eigenvalue weighted by atomic mass is 10.2. The summed E-state index contributed by atoms with van der Waals surface area (Å²) >= 11 is 6.34. The molecule has 1 heterocycles. The summed E-state index contributed by atoms with van der Waals surface area (Å²) in [6.07, 6.45) is -1.36. The first-order valence-electron chi connectivity index (χ1n) is 11.4. The zero-order valence-corrected chi connectivity index (χ0v) is 21.5. The Labute approximate surface area is 213 Å². The van der Waals surface area contributed by atoms with Crippen molar-refractivity contribution in [3.05, 3.63) is 63.7 Å². The van der Waals surface area contributed by atoms with Gasteiger partial charge in [0.25, 0.3) is 5.56 Å². The lowest BCUT2D eigenvalue weighted by Gasteiger charge is -2.23. The quantitative estimate of drug-likeness (QED) is 0.390. The number of alkyl carbamates (subject to hydrolysis) is 1. The van der Waals surface area contributed by atoms with Crippen molar-refractivity contribution >= 4 is 40.3 Å². The van der Waals surface area contributed by atoms with Crippen LogP contribution in [0.5, 0.6) is 0 Å². The molecule has 3 aromatic rings. The molecule has 1 aromatic heterocycles. The molecule has 0 radical (unpaired) electrons. The molecule has 3 rings (SSSR count). The van der Waals surface area contributed by atoms with Gasteiger partial charge in [0.2, 0.25) is 0 Å². The zero-order valence-electron chi connectivity index (χ0n) is 20.8. The van der Waals surface area contributed by atoms with Gasteiger partial charge in [0.1, 0.15) is 11.4 Å². The number of ether oxygens (including phenoxy) is 1. The highest BCUT2D eigenvalue weighted by Gasteiger charge is 2.23. The molecular formula is C25H30ClN5O5. The van der Waals surface area contributed by atoms with Crippen LogP contribution in [0, 0.1) is 0 Å². The van der Waals surface area contributed by atoms with Crippen LogP contribution in [0.15, 0.2) is 47.3 Å². The maximum absolute atomic E-state index is 13.7. The fourth-order valence-corrected chi connectivity index (χ4v) is 3.68. The first kappa shape index (κ1) is 27.0. The number of anilines is 1. The number of hydrogen-bond acceptors (Lipinski definition) is 6. The fraction of sp³-hybridized carbons (Fsp3) is 0.360. The summed E-state index contributed by atoms with van der Waals surface area (Å²) in [5.41, 5.74) is 0.0378. The molecule has 0 saturated heterocycles. The Kier molecular flexibility index (Phi) is 8.21. The second-order valence-corrected chi connectivity index (χ2v) is 9.75. The van der Waals surface area contributed by atoms with Crippen LogP contribution in [0.25, 0.3) is 16.6 Å². The predicted molar refractivity (Wildman–Crippen MR) is 139 cm³/mol. The largest absolute Gasteiger partial charge is 0.444 e. The Morgan fingerprint density at radius 3 is 2.53 bits per heavy atom. The fourth-order valence-electron chi connectivity index (χ4n) is 3.43. The van der Waals surface area contributed by atoms with E-state index in [0.717, 1.165) is 0 Å². The molecule has 0 fully saturated rings. The number of aromatic nitrogens is 2. The highest BCUT2D eigenvalue weighted by atomic mass is 35.5. The average Bonchev–Trinajstić information content (AvgIpc) is 2.76. The molecule has 0 aliphatic carbocycles. The molecule has 11 heteroatoms. The zero-order chi connectivity index (χ0) is 26.6. The van der Waals surface area contributed by atoms with Gasteiger partial charge in [-0.1, -0.05) is 23.7 Å². The summed E-state index contributed by atoms with van der Waals surface area (Å²) in [7, 11) is 0. The average molecular weight is 516 g/mol. The summed E-state index contributed by atoms with van der Waals surface area (Å²) < 4.78 is 6.70. The predicted octanol–water partition coefficient (Wildman–Crippen LogP) is 4.13. The second kappa shape index (κ2) is 11.0. The van der Waals surface area contributed by atoms with Crippen molar-refractivity contribution in [2.24, 2.45) is 0 Å². The molecule has 2 atom stereocenters. The third-order valence-electron chi connectivity index (χ3n) is 4.91. The number of halogens is 1. The van der Waals surface area contributed by atoms with Crippen LogP contribution in [0.2, 0.25) is 5.02 Å². The van der Waals surface area contributed by atoms with Crippen molar-refractivity contribution in [3.63, 3.8) is 0 Å². The van der Waals surface area contributed by atoms with Gasteiger partial charge in [-0.3, -0.25) is 9.36 Å². The summed E-state index contributed by atoms with van der Waals surface area (Å²) in [5.74, 6) is 0.247. The van der Waals surface area contributed by atoms with E-state index in [-0.39, 0.29) is 22.8 Å². The van der Waals surface area contributed by atoms with Gasteiger partial charge in [0.15, 0.2) is 0 Å². The van der Waals surface area contributed by atoms with Crippen LogP contribution in [0.3, 0.4) is 0 Å². The Bertz CT molecular complexity index is 1330. The molecule has 36 heavy (non-hydrogen) atoms. The Hall–Kier alpha value is -3.63. The topological polar surface area (TPSA) is 135 Å². The van der Waals surface area contributed by atoms with E-state index in [2.05, 4.69) is 20.9 Å². The van der Waals surface area contributed by atoms with Gasteiger partial charge in [0, 0.05) is 12.2 Å². The maximum Gasteiger partial charge on any atom is 0.408 e. The molecule has 3 amide bonds. The van der Waals surface area contributed by atoms with Crippen LogP contribution < -0.4 is 21.5 Å². The number of urea groups is 1. The third-order valence-corrected chi connectivity index (χ3v) is 5.23. The van der Waals surface area contributed by atoms with Gasteiger partial charge in [-0.05, 0) is 65.0 Å². The lowest BCUT2D eigenvalue weighted by molar-refractivity contribution is 0.0505. The smallest absolute Gasteiger partial charge is 0.408 e. The Morgan fingerprint density at radius 1 is 1.17 bits per heavy atom. The Balaban J connectivity index is 2.07. The highest BCUT2D eigenvalue weighted by Crippen LogP contribution is 2.24. The van der Waals surface area contributed by atoms with Crippen molar-refractivity contribution in [1.29, 1.82) is 0 Å². The first-order valence-corrected chi connectivity index (χ1v) is 11.8. The van der Waals surface area contributed by atoms with Crippen molar-refractivity contribution < 1.29 is 19.4 Å². The molecule has 0 bridgehead atoms. The molecule has 1 unspecified atom stereocenters. The van der Waals surface area contributed by atoms with Gasteiger partial charge < -0.3 is 25.8 Å². The number of aliphatic hydroxyl groups is 1. The molecule has 0 aliphatic rings. The molecule has 0 saturated carbocycles. The van der Waals surface area contributed by atoms with E-state index in [1.807, 2.05) is 0 Å². The SMILES string of the molecule is CC(O)CNC(=O)Nc1cccc(-n2c([C@H](C)NC(=O)OC(C)(C)C)nc3cccc(Cl)c3c2=O)c1. The normalized spacial score (nSPS) is 13.1. The minimum atomic E-state index is -0.720. The van der Waals surface area contributed by atoms with E-state index in [0.29, 0.717) is 16.9 Å². The molecule has 0 spiro atoms. The number of fused-ring (bicyclic) bond motifs is 1. The standard InChI is InChI=1S/C25H30ClN5O5/c1-14(32)13-27-23(34)29-16-8-6-9-17(12-16)31-21(15(2)28-24(35)36-25(3,4)5)30-19-11-7-10-18(26)20(19)22(31)33/h6-12,14-15,32H,13H2,1-5H3,(H,28,35)(H2,27,29,34)/t14?,15-/m0/s1. The van der Waals surface area contributed by atoms with E-state index < -0.39 is 35.4 Å². The van der Waals surface area contributed by atoms with Gasteiger partial charge in [-0.2, -0.15) is 0 Å². The summed E-state index contributed by atoms with van der Waals surface area (Å²) in [4.78, 5) is 42.9. The Morgan fingerprint density at radius 2 is 1.86 bits per heavy atom. The minimum Gasteiger partial charge on any atom is -0.444 e. The van der Waals surface area contributed by atoms with E-state index in [9.17, 15) is 19.5 Å². The van der Waals surface area contributed by atoms with Crippen LogP contribution >= 0.6 is 11.6 Å². The van der Waals surface area contributed by atoms with Crippen LogP contribution in [0.4, 0.5) is 15.3 Å². The van der Waals surface area contributed by atoms with Gasteiger partial charge in [-0.25, -0.2) is 14.6 Å². The number of nitrogens with one attached hydrogen (secondary N) is 3. The molecule has 10 nitrogen and oxygen atoms in total. The maximum atomic E-state index is 13.7. The molecule has 0 aliphatic heterocycles. The number of carbonyl (C=O) groups is 2. The van der Waals surface area contributed by atoms with E-state index >= 15 is 0 Å². The number of aliphatic hydroxyl groups excluding tert-OH is 1. The number of amides is 3. The third kappa shape index (κ3) is 6.73.